The minimum absolute atomic E-state index is 0. The van der Waals surface area contributed by atoms with Gasteiger partial charge in [0.15, 0.2) is 0 Å². The molecule has 4 rings (SSSR count). The number of rotatable bonds is 7. The quantitative estimate of drug-likeness (QED) is 0.236. The van der Waals surface area contributed by atoms with Gasteiger partial charge >= 0.3 is 0 Å². The van der Waals surface area contributed by atoms with Crippen molar-refractivity contribution in [3.63, 3.8) is 0 Å². The van der Waals surface area contributed by atoms with Crippen LogP contribution in [0.15, 0.2) is 108 Å². The molecule has 6 heteroatoms. The molecule has 0 unspecified atom stereocenters. The van der Waals surface area contributed by atoms with E-state index in [0.29, 0.717) is 23.1 Å². The first-order chi connectivity index (χ1) is 19.8. The second kappa shape index (κ2) is 16.8. The van der Waals surface area contributed by atoms with Crippen LogP contribution in [-0.4, -0.2) is 18.9 Å². The van der Waals surface area contributed by atoms with Gasteiger partial charge < -0.3 is 20.8 Å². The fourth-order valence-corrected chi connectivity index (χ4v) is 4.97. The fourth-order valence-electron chi connectivity index (χ4n) is 4.97. The zero-order valence-corrected chi connectivity index (χ0v) is 28.3. The Balaban J connectivity index is 0.00000186. The average molecular weight is 630 g/mol. The first-order valence-electron chi connectivity index (χ1n) is 14.6. The maximum Gasteiger partial charge on any atom is 0.0525 e. The van der Waals surface area contributed by atoms with Crippen LogP contribution in [0, 0.1) is 0 Å². The van der Waals surface area contributed by atoms with Crippen molar-refractivity contribution in [2.24, 2.45) is 4.99 Å². The summed E-state index contributed by atoms with van der Waals surface area (Å²) in [7, 11) is 0. The van der Waals surface area contributed by atoms with E-state index in [1.165, 1.54) is 0 Å². The predicted octanol–water partition coefficient (Wildman–Crippen LogP) is 5.93. The monoisotopic (exact) mass is 629 g/mol. The Morgan fingerprint density at radius 3 is 1.55 bits per heavy atom. The molecule has 0 heterocycles. The summed E-state index contributed by atoms with van der Waals surface area (Å²) in [6.07, 6.45) is 2.09. The Labute approximate surface area is 275 Å². The van der Waals surface area contributed by atoms with E-state index >= 15 is 5.11 Å². The van der Waals surface area contributed by atoms with E-state index in [9.17, 15) is 5.11 Å². The molecular weight excluding hydrogens is 585 g/mol. The van der Waals surface area contributed by atoms with Crippen molar-refractivity contribution >= 4 is 6.21 Å². The molecule has 1 radical (unpaired) electrons. The molecule has 5 nitrogen and oxygen atoms in total. The zero-order chi connectivity index (χ0) is 31.0. The minimum atomic E-state index is -1.66. The first-order valence-corrected chi connectivity index (χ1v) is 14.6. The van der Waals surface area contributed by atoms with Gasteiger partial charge in [0, 0.05) is 24.8 Å². The summed E-state index contributed by atoms with van der Waals surface area (Å²) < 4.78 is 0. The molecule has 4 aromatic carbocycles. The zero-order valence-electron chi connectivity index (χ0n) is 26.9. The molecule has 235 valence electrons. The van der Waals surface area contributed by atoms with Gasteiger partial charge in [-0.15, -0.1) is 6.61 Å². The maximum absolute atomic E-state index is 15.2. The second-order valence-corrected chi connectivity index (χ2v) is 12.7. The van der Waals surface area contributed by atoms with Gasteiger partial charge in [-0.3, -0.25) is 4.99 Å². The van der Waals surface area contributed by atoms with Gasteiger partial charge in [0.1, 0.15) is 0 Å². The van der Waals surface area contributed by atoms with Crippen LogP contribution in [0.5, 0.6) is 5.75 Å². The van der Waals surface area contributed by atoms with E-state index in [4.69, 9.17) is 10.1 Å². The Hall–Kier alpha value is -3.19. The molecule has 1 atom stereocenters. The summed E-state index contributed by atoms with van der Waals surface area (Å²) in [6, 6.07) is 32.2. The van der Waals surface area contributed by atoms with Crippen LogP contribution in [0.3, 0.4) is 0 Å². The fraction of sp³-hybridized carbons (Fsp3) is 0.342. The Morgan fingerprint density at radius 2 is 1.14 bits per heavy atom. The first kappa shape index (κ1) is 38.8. The molecule has 0 amide bonds. The molecule has 0 aliphatic rings. The average Bonchev–Trinajstić information content (AvgIpc) is 2.96. The molecule has 0 N–H and O–H groups in total. The normalized spacial score (nSPS) is 12.4. The van der Waals surface area contributed by atoms with Crippen LogP contribution in [0.4, 0.5) is 0 Å². The Morgan fingerprint density at radius 1 is 0.705 bits per heavy atom. The van der Waals surface area contributed by atoms with Gasteiger partial charge in [-0.2, -0.15) is 0 Å². The van der Waals surface area contributed by atoms with Crippen LogP contribution in [0.25, 0.3) is 0 Å². The number of nitrogens with zero attached hydrogens (tertiary/aromatic N) is 1. The summed E-state index contributed by atoms with van der Waals surface area (Å²) in [6.45, 7) is 14.2. The van der Waals surface area contributed by atoms with Crippen LogP contribution in [-0.2, 0) is 46.9 Å². The summed E-state index contributed by atoms with van der Waals surface area (Å²) in [5.41, 5.74) is 2.55. The largest absolute Gasteiger partial charge is 2.00 e. The summed E-state index contributed by atoms with van der Waals surface area (Å²) >= 11 is 0. The van der Waals surface area contributed by atoms with Crippen molar-refractivity contribution in [2.45, 2.75) is 77.4 Å². The van der Waals surface area contributed by atoms with Crippen LogP contribution >= 0.6 is 0 Å². The van der Waals surface area contributed by atoms with Gasteiger partial charge in [-0.25, -0.2) is 0 Å². The van der Waals surface area contributed by atoms with Gasteiger partial charge in [-0.1, -0.05) is 168 Å². The van der Waals surface area contributed by atoms with Crippen molar-refractivity contribution < 1.29 is 39.4 Å². The number of aliphatic imine (C=N–C) groups is 1. The van der Waals surface area contributed by atoms with Gasteiger partial charge in [0.05, 0.1) is 6.04 Å². The smallest absolute Gasteiger partial charge is 0.0525 e. The Bertz CT molecular complexity index is 1390. The molecule has 0 spiro atoms. The van der Waals surface area contributed by atoms with Gasteiger partial charge in [0.25, 0.3) is 0 Å². The van der Waals surface area contributed by atoms with Crippen molar-refractivity contribution in [3.05, 3.63) is 137 Å². The van der Waals surface area contributed by atoms with Crippen molar-refractivity contribution in [1.82, 2.24) is 0 Å². The molecule has 0 bridgehead atoms. The van der Waals surface area contributed by atoms with E-state index in [1.54, 1.807) is 13.1 Å². The Kier molecular flexibility index (Phi) is 14.8. The molecule has 44 heavy (non-hydrogen) atoms. The van der Waals surface area contributed by atoms with Crippen molar-refractivity contribution in [2.75, 3.05) is 6.61 Å². The minimum Gasteiger partial charge on any atom is -2.00 e. The van der Waals surface area contributed by atoms with E-state index in [1.807, 2.05) is 103 Å². The second-order valence-electron chi connectivity index (χ2n) is 12.7. The number of hydrogen-bond acceptors (Lipinski definition) is 4. The maximum atomic E-state index is 15.2. The standard InChI is InChI=1S/C36H40NO2.C2H5O.O.V/c1-34(2,3)30-23-27(33(38)31(24-30)35(4,5)6)25-37-32(22-26-16-10-7-11-17-26)36(39,28-18-12-8-13-19-28)29-20-14-9-15-21-29;1-2-3;;/h7-21,23-25,32,38H,22H2,1-6H3;2H2,1H3;;/q2*-1;-2;/p-1/t32-;;;/m0.../s1. The summed E-state index contributed by atoms with van der Waals surface area (Å²) in [4.78, 5) is 4.98. The van der Waals surface area contributed by atoms with Crippen molar-refractivity contribution in [3.8, 4) is 5.75 Å². The van der Waals surface area contributed by atoms with E-state index < -0.39 is 11.6 Å². The van der Waals surface area contributed by atoms with Crippen LogP contribution in [0.2, 0.25) is 0 Å². The predicted molar refractivity (Wildman–Crippen MR) is 170 cm³/mol. The topological polar surface area (TPSA) is 110 Å². The van der Waals surface area contributed by atoms with Crippen LogP contribution in [0.1, 0.15) is 81.8 Å². The molecule has 0 aromatic heterocycles. The molecule has 0 fully saturated rings. The summed E-state index contributed by atoms with van der Waals surface area (Å²) in [5.74, 6) is -0.0337. The molecule has 0 saturated heterocycles. The van der Waals surface area contributed by atoms with E-state index in [2.05, 4.69) is 41.5 Å². The SMILES string of the molecule is CC(C)(C)c1cc(C=N[C@@H](Cc2ccccc2)C([O-])(c2ccccc2)c2ccccc2)c([O-])c(C(C)(C)C)c1.CC[O-].[O-2].[V]. The summed E-state index contributed by atoms with van der Waals surface area (Å²) in [5, 5.41) is 37.8. The van der Waals surface area contributed by atoms with Crippen LogP contribution < -0.4 is 15.3 Å². The molecule has 0 aliphatic heterocycles. The molecule has 0 saturated carbocycles. The third-order valence-corrected chi connectivity index (χ3v) is 7.33. The third-order valence-electron chi connectivity index (χ3n) is 7.33. The van der Waals surface area contributed by atoms with E-state index in [-0.39, 0.29) is 47.2 Å². The van der Waals surface area contributed by atoms with Crippen molar-refractivity contribution in [1.29, 1.82) is 0 Å². The molecule has 0 aliphatic carbocycles. The van der Waals surface area contributed by atoms with E-state index in [0.717, 1.165) is 16.7 Å². The van der Waals surface area contributed by atoms with Gasteiger partial charge in [-0.05, 0) is 45.1 Å². The number of benzene rings is 4. The number of hydrogen-bond donors (Lipinski definition) is 0. The van der Waals surface area contributed by atoms with Gasteiger partial charge in [0.2, 0.25) is 0 Å². The third kappa shape index (κ3) is 9.66. The molecule has 4 aromatic rings. The molecular formula is C38H44NO4V-5.